The van der Waals surface area contributed by atoms with Gasteiger partial charge in [-0.25, -0.2) is 18.8 Å². The first-order chi connectivity index (χ1) is 14.0. The summed E-state index contributed by atoms with van der Waals surface area (Å²) in [7, 11) is 1.53. The van der Waals surface area contributed by atoms with E-state index in [0.29, 0.717) is 11.4 Å². The number of aromatic nitrogens is 2. The molecule has 0 aliphatic rings. The number of halogens is 2. The van der Waals surface area contributed by atoms with Crippen LogP contribution in [-0.2, 0) is 0 Å². The number of carbonyl (C=O) groups excluding carboxylic acids is 1. The number of amides is 2. The van der Waals surface area contributed by atoms with Gasteiger partial charge in [-0.05, 0) is 52.8 Å². The Labute approximate surface area is 168 Å². The molecule has 1 aromatic heterocycles. The number of nitrogens with zero attached hydrogens (tertiary/aromatic N) is 3. The van der Waals surface area contributed by atoms with Crippen LogP contribution in [0.25, 0.3) is 0 Å². The Bertz CT molecular complexity index is 1040. The molecule has 150 valence electrons. The summed E-state index contributed by atoms with van der Waals surface area (Å²) in [5, 5.41) is 21.4. The quantitative estimate of drug-likeness (QED) is 0.281. The molecule has 2 amide bonds. The first kappa shape index (κ1) is 20.0. The fourth-order valence-corrected chi connectivity index (χ4v) is 2.36. The Morgan fingerprint density at radius 3 is 2.62 bits per heavy atom. The van der Waals surface area contributed by atoms with E-state index in [2.05, 4.69) is 30.6 Å². The number of aliphatic imine (C=N–C) groups is 1. The van der Waals surface area contributed by atoms with Crippen LogP contribution >= 0.6 is 11.6 Å². The van der Waals surface area contributed by atoms with E-state index in [1.807, 2.05) is 5.48 Å². The molecule has 3 aromatic rings. The van der Waals surface area contributed by atoms with Crippen molar-refractivity contribution >= 4 is 40.7 Å². The number of methoxy groups -OCH3 is 1. The second-order valence-electron chi connectivity index (χ2n) is 5.44. The number of rotatable bonds is 5. The fourth-order valence-electron chi connectivity index (χ4n) is 2.18. The van der Waals surface area contributed by atoms with Crippen LogP contribution in [0.3, 0.4) is 0 Å². The topological polar surface area (TPSA) is 134 Å². The van der Waals surface area contributed by atoms with E-state index in [0.717, 1.165) is 6.07 Å². The average Bonchev–Trinajstić information content (AvgIpc) is 3.17. The number of nitrogens with one attached hydrogen (secondary N) is 3. The zero-order valence-electron chi connectivity index (χ0n) is 14.8. The van der Waals surface area contributed by atoms with Crippen LogP contribution in [0.1, 0.15) is 5.69 Å². The Kier molecular flexibility index (Phi) is 6.22. The number of ether oxygens (including phenoxy) is 1. The molecule has 0 saturated carbocycles. The highest BCUT2D eigenvalue weighted by molar-refractivity contribution is 6.31. The van der Waals surface area contributed by atoms with Crippen LogP contribution in [-0.4, -0.2) is 34.5 Å². The molecule has 0 atom stereocenters. The van der Waals surface area contributed by atoms with Gasteiger partial charge in [0.2, 0.25) is 5.82 Å². The molecular weight excluding hydrogens is 407 g/mol. The summed E-state index contributed by atoms with van der Waals surface area (Å²) in [6.45, 7) is 0. The summed E-state index contributed by atoms with van der Waals surface area (Å²) in [4.78, 5) is 16.2. The average molecular weight is 421 g/mol. The molecule has 0 aliphatic carbocycles. The van der Waals surface area contributed by atoms with E-state index < -0.39 is 11.8 Å². The maximum absolute atomic E-state index is 13.3. The third kappa shape index (κ3) is 4.97. The first-order valence-corrected chi connectivity index (χ1v) is 8.37. The van der Waals surface area contributed by atoms with Crippen LogP contribution in [0.5, 0.6) is 5.75 Å². The van der Waals surface area contributed by atoms with Gasteiger partial charge in [0, 0.05) is 5.69 Å². The summed E-state index contributed by atoms with van der Waals surface area (Å²) in [5.41, 5.74) is 2.44. The molecule has 0 radical (unpaired) electrons. The Hall–Kier alpha value is -3.70. The minimum absolute atomic E-state index is 0.0992. The predicted molar refractivity (Wildman–Crippen MR) is 102 cm³/mol. The van der Waals surface area contributed by atoms with Crippen molar-refractivity contribution in [3.8, 4) is 5.75 Å². The van der Waals surface area contributed by atoms with Gasteiger partial charge in [0.1, 0.15) is 11.6 Å². The first-order valence-electron chi connectivity index (χ1n) is 7.99. The van der Waals surface area contributed by atoms with Crippen molar-refractivity contribution in [2.24, 2.45) is 4.99 Å². The number of amidine groups is 1. The maximum Gasteiger partial charge on any atom is 0.325 e. The van der Waals surface area contributed by atoms with Crippen molar-refractivity contribution in [2.45, 2.75) is 0 Å². The summed E-state index contributed by atoms with van der Waals surface area (Å²) in [5.74, 6) is -0.322. The highest BCUT2D eigenvalue weighted by Crippen LogP contribution is 2.23. The molecule has 0 unspecified atom stereocenters. The van der Waals surface area contributed by atoms with Crippen LogP contribution < -0.4 is 20.9 Å². The molecule has 0 fully saturated rings. The van der Waals surface area contributed by atoms with E-state index in [1.165, 1.54) is 19.2 Å². The number of benzene rings is 2. The highest BCUT2D eigenvalue weighted by Gasteiger charge is 2.19. The maximum atomic E-state index is 13.3. The molecule has 1 heterocycles. The monoisotopic (exact) mass is 420 g/mol. The molecule has 29 heavy (non-hydrogen) atoms. The third-order valence-corrected chi connectivity index (χ3v) is 3.83. The van der Waals surface area contributed by atoms with Gasteiger partial charge >= 0.3 is 6.03 Å². The standard InChI is InChI=1S/C17H14ClFN6O4/c1-28-11-5-2-9(3-6-11)21-17(26)22-16-14(24-29-25-16)15(23-27)20-10-4-7-13(19)12(18)8-10/h2-8,27H,1H3,(H,20,23)(H2,21,22,25,26). The highest BCUT2D eigenvalue weighted by atomic mass is 35.5. The van der Waals surface area contributed by atoms with Crippen molar-refractivity contribution in [2.75, 3.05) is 17.7 Å². The van der Waals surface area contributed by atoms with Gasteiger partial charge in [-0.3, -0.25) is 16.0 Å². The van der Waals surface area contributed by atoms with Gasteiger partial charge in [0.15, 0.2) is 11.5 Å². The van der Waals surface area contributed by atoms with E-state index in [-0.39, 0.29) is 28.1 Å². The van der Waals surface area contributed by atoms with Gasteiger partial charge < -0.3 is 10.1 Å². The summed E-state index contributed by atoms with van der Waals surface area (Å²) < 4.78 is 22.9. The van der Waals surface area contributed by atoms with Crippen molar-refractivity contribution in [3.63, 3.8) is 0 Å². The number of urea groups is 1. The second kappa shape index (κ2) is 8.99. The SMILES string of the molecule is COc1ccc(NC(=O)Nc2nonc2C(=Nc2ccc(F)c(Cl)c2)NO)cc1. The lowest BCUT2D eigenvalue weighted by Gasteiger charge is -2.07. The van der Waals surface area contributed by atoms with Crippen LogP contribution in [0.15, 0.2) is 52.1 Å². The zero-order chi connectivity index (χ0) is 20.8. The second-order valence-corrected chi connectivity index (χ2v) is 5.85. The molecule has 10 nitrogen and oxygen atoms in total. The smallest absolute Gasteiger partial charge is 0.325 e. The lowest BCUT2D eigenvalue weighted by atomic mass is 10.3. The Morgan fingerprint density at radius 2 is 1.97 bits per heavy atom. The molecule has 12 heteroatoms. The van der Waals surface area contributed by atoms with Gasteiger partial charge in [-0.15, -0.1) is 0 Å². The number of anilines is 2. The van der Waals surface area contributed by atoms with Gasteiger partial charge in [0.25, 0.3) is 0 Å². The normalized spacial score (nSPS) is 11.1. The van der Waals surface area contributed by atoms with Gasteiger partial charge in [-0.1, -0.05) is 11.6 Å². The number of carbonyl (C=O) groups is 1. The molecule has 0 saturated heterocycles. The molecule has 0 spiro atoms. The molecule has 0 aliphatic heterocycles. The largest absolute Gasteiger partial charge is 0.497 e. The van der Waals surface area contributed by atoms with Crippen LogP contribution in [0.4, 0.5) is 26.4 Å². The van der Waals surface area contributed by atoms with E-state index >= 15 is 0 Å². The minimum atomic E-state index is -0.644. The molecular formula is C17H14ClFN6O4. The molecule has 0 bridgehead atoms. The molecule has 4 N–H and O–H groups in total. The van der Waals surface area contributed by atoms with Gasteiger partial charge in [-0.2, -0.15) is 0 Å². The Morgan fingerprint density at radius 1 is 1.21 bits per heavy atom. The number of hydroxylamine groups is 1. The molecule has 2 aromatic carbocycles. The minimum Gasteiger partial charge on any atom is -0.497 e. The van der Waals surface area contributed by atoms with E-state index in [4.69, 9.17) is 16.3 Å². The van der Waals surface area contributed by atoms with Crippen molar-refractivity contribution in [3.05, 3.63) is 59.0 Å². The van der Waals surface area contributed by atoms with Crippen molar-refractivity contribution in [1.82, 2.24) is 15.8 Å². The van der Waals surface area contributed by atoms with E-state index in [1.54, 1.807) is 24.3 Å². The summed E-state index contributed by atoms with van der Waals surface area (Å²) >= 11 is 5.71. The predicted octanol–water partition coefficient (Wildman–Crippen LogP) is 3.57. The van der Waals surface area contributed by atoms with Crippen LogP contribution in [0.2, 0.25) is 5.02 Å². The van der Waals surface area contributed by atoms with E-state index in [9.17, 15) is 14.4 Å². The summed E-state index contributed by atoms with van der Waals surface area (Å²) in [6.07, 6.45) is 0. The lowest BCUT2D eigenvalue weighted by molar-refractivity contribution is 0.234. The Balaban J connectivity index is 1.76. The third-order valence-electron chi connectivity index (χ3n) is 3.54. The summed E-state index contributed by atoms with van der Waals surface area (Å²) in [6, 6.07) is 9.66. The van der Waals surface area contributed by atoms with Crippen molar-refractivity contribution < 1.29 is 23.8 Å². The number of hydrogen-bond donors (Lipinski definition) is 4. The van der Waals surface area contributed by atoms with Crippen molar-refractivity contribution in [1.29, 1.82) is 0 Å². The zero-order valence-corrected chi connectivity index (χ0v) is 15.6. The molecule has 3 rings (SSSR count). The van der Waals surface area contributed by atoms with Crippen LogP contribution in [0, 0.1) is 5.82 Å². The fraction of sp³-hybridized carbons (Fsp3) is 0.0588. The number of hydrogen-bond acceptors (Lipinski definition) is 7. The lowest BCUT2D eigenvalue weighted by Crippen LogP contribution is -2.25. The van der Waals surface area contributed by atoms with Gasteiger partial charge in [0.05, 0.1) is 17.8 Å².